The van der Waals surface area contributed by atoms with Gasteiger partial charge in [0.2, 0.25) is 0 Å². The number of carbonyl (C=O) groups excluding carboxylic acids is 1. The first-order chi connectivity index (χ1) is 8.49. The van der Waals surface area contributed by atoms with Crippen LogP contribution in [0.3, 0.4) is 0 Å². The maximum Gasteiger partial charge on any atom is 0.310 e. The normalized spacial score (nSPS) is 10.8. The van der Waals surface area contributed by atoms with Gasteiger partial charge in [-0.1, -0.05) is 0 Å². The molecule has 1 aromatic rings. The quantitative estimate of drug-likeness (QED) is 0.820. The molecule has 1 aromatic heterocycles. The Hall–Kier alpha value is -1.63. The summed E-state index contributed by atoms with van der Waals surface area (Å²) in [7, 11) is 0. The summed E-state index contributed by atoms with van der Waals surface area (Å²) in [5.41, 5.74) is 4.46. The molecule has 0 spiro atoms. The van der Waals surface area contributed by atoms with Crippen molar-refractivity contribution >= 4 is 5.97 Å². The Morgan fingerprint density at radius 3 is 2.72 bits per heavy atom. The molecule has 0 bridgehead atoms. The molecular formula is C11H13F3N2O2. The van der Waals surface area contributed by atoms with E-state index in [9.17, 15) is 18.0 Å². The molecule has 0 aliphatic heterocycles. The number of pyridine rings is 1. The molecule has 0 unspecified atom stereocenters. The van der Waals surface area contributed by atoms with Crippen LogP contribution in [0.4, 0.5) is 13.2 Å². The van der Waals surface area contributed by atoms with Gasteiger partial charge in [0.15, 0.2) is 0 Å². The van der Waals surface area contributed by atoms with Crippen LogP contribution in [0, 0.1) is 5.82 Å². The smallest absolute Gasteiger partial charge is 0.310 e. The van der Waals surface area contributed by atoms with Gasteiger partial charge in [0, 0.05) is 18.2 Å². The van der Waals surface area contributed by atoms with E-state index < -0.39 is 23.9 Å². The lowest BCUT2D eigenvalue weighted by Gasteiger charge is -2.10. The third-order valence-corrected chi connectivity index (χ3v) is 2.22. The zero-order chi connectivity index (χ0) is 13.7. The second kappa shape index (κ2) is 6.34. The lowest BCUT2D eigenvalue weighted by atomic mass is 10.1. The lowest BCUT2D eigenvalue weighted by Crippen LogP contribution is -2.15. The fourth-order valence-corrected chi connectivity index (χ4v) is 1.43. The second-order valence-electron chi connectivity index (χ2n) is 3.44. The highest BCUT2D eigenvalue weighted by Gasteiger charge is 2.19. The number of hydrogen-bond acceptors (Lipinski definition) is 4. The Balaban J connectivity index is 3.07. The van der Waals surface area contributed by atoms with Crippen molar-refractivity contribution in [3.63, 3.8) is 0 Å². The highest BCUT2D eigenvalue weighted by atomic mass is 19.3. The molecule has 0 aliphatic carbocycles. The summed E-state index contributed by atoms with van der Waals surface area (Å²) < 4.78 is 43.1. The van der Waals surface area contributed by atoms with Crippen molar-refractivity contribution < 1.29 is 22.7 Å². The maximum absolute atomic E-state index is 13.6. The lowest BCUT2D eigenvalue weighted by molar-refractivity contribution is -0.142. The van der Waals surface area contributed by atoms with E-state index in [-0.39, 0.29) is 30.8 Å². The highest BCUT2D eigenvalue weighted by molar-refractivity contribution is 5.73. The number of nitrogens with two attached hydrogens (primary N) is 1. The summed E-state index contributed by atoms with van der Waals surface area (Å²) in [5, 5.41) is 0. The SMILES string of the molecule is CCOC(=O)Cc1c(F)cc(C(F)F)nc1CN. The summed E-state index contributed by atoms with van der Waals surface area (Å²) in [4.78, 5) is 14.8. The molecule has 0 atom stereocenters. The van der Waals surface area contributed by atoms with Crippen molar-refractivity contribution in [1.82, 2.24) is 4.98 Å². The minimum absolute atomic E-state index is 0.0571. The first kappa shape index (κ1) is 14.4. The fraction of sp³-hybridized carbons (Fsp3) is 0.455. The molecule has 0 amide bonds. The Kier molecular flexibility index (Phi) is 5.08. The first-order valence-corrected chi connectivity index (χ1v) is 5.31. The summed E-state index contributed by atoms with van der Waals surface area (Å²) >= 11 is 0. The van der Waals surface area contributed by atoms with E-state index in [1.807, 2.05) is 0 Å². The van der Waals surface area contributed by atoms with Crippen molar-refractivity contribution in [2.24, 2.45) is 5.73 Å². The molecule has 2 N–H and O–H groups in total. The van der Waals surface area contributed by atoms with E-state index in [2.05, 4.69) is 9.72 Å². The van der Waals surface area contributed by atoms with Crippen molar-refractivity contribution in [3.05, 3.63) is 28.8 Å². The van der Waals surface area contributed by atoms with Gasteiger partial charge in [-0.3, -0.25) is 4.79 Å². The first-order valence-electron chi connectivity index (χ1n) is 5.31. The monoisotopic (exact) mass is 262 g/mol. The number of halogens is 3. The number of aromatic nitrogens is 1. The maximum atomic E-state index is 13.6. The van der Waals surface area contributed by atoms with E-state index in [0.29, 0.717) is 6.07 Å². The predicted molar refractivity (Wildman–Crippen MR) is 57.4 cm³/mol. The van der Waals surface area contributed by atoms with Gasteiger partial charge in [0.1, 0.15) is 11.5 Å². The minimum atomic E-state index is -2.89. The molecule has 7 heteroatoms. The van der Waals surface area contributed by atoms with Gasteiger partial charge in [-0.15, -0.1) is 0 Å². The number of alkyl halides is 2. The predicted octanol–water partition coefficient (Wildman–Crippen LogP) is 1.72. The third-order valence-electron chi connectivity index (χ3n) is 2.22. The van der Waals surface area contributed by atoms with Crippen molar-refractivity contribution in [2.75, 3.05) is 6.61 Å². The number of rotatable bonds is 5. The third kappa shape index (κ3) is 3.43. The average molecular weight is 262 g/mol. The van der Waals surface area contributed by atoms with Gasteiger partial charge in [0.25, 0.3) is 6.43 Å². The molecule has 0 saturated carbocycles. The zero-order valence-electron chi connectivity index (χ0n) is 9.75. The number of esters is 1. The van der Waals surface area contributed by atoms with E-state index >= 15 is 0 Å². The Morgan fingerprint density at radius 1 is 1.56 bits per heavy atom. The Labute approximate surface area is 102 Å². The molecule has 100 valence electrons. The summed E-state index contributed by atoms with van der Waals surface area (Å²) in [6, 6.07) is 0.610. The average Bonchev–Trinajstić information content (AvgIpc) is 2.31. The van der Waals surface area contributed by atoms with Crippen LogP contribution in [-0.2, 0) is 22.5 Å². The van der Waals surface area contributed by atoms with Crippen molar-refractivity contribution in [1.29, 1.82) is 0 Å². The van der Waals surface area contributed by atoms with Crippen LogP contribution in [-0.4, -0.2) is 17.6 Å². The number of carbonyl (C=O) groups is 1. The van der Waals surface area contributed by atoms with Gasteiger partial charge in [0.05, 0.1) is 18.7 Å². The summed E-state index contributed by atoms with van der Waals surface area (Å²) in [6.45, 7) is 1.53. The Bertz CT molecular complexity index is 439. The van der Waals surface area contributed by atoms with Crippen LogP contribution < -0.4 is 5.73 Å². The van der Waals surface area contributed by atoms with Gasteiger partial charge in [-0.05, 0) is 6.92 Å². The number of hydrogen-bond donors (Lipinski definition) is 1. The van der Waals surface area contributed by atoms with Crippen LogP contribution in [0.15, 0.2) is 6.07 Å². The zero-order valence-corrected chi connectivity index (χ0v) is 9.75. The highest BCUT2D eigenvalue weighted by Crippen LogP contribution is 2.21. The van der Waals surface area contributed by atoms with Crippen molar-refractivity contribution in [2.45, 2.75) is 26.3 Å². The Morgan fingerprint density at radius 2 is 2.22 bits per heavy atom. The summed E-state index contributed by atoms with van der Waals surface area (Å²) in [6.07, 6.45) is -3.26. The van der Waals surface area contributed by atoms with Gasteiger partial charge in [-0.2, -0.15) is 0 Å². The molecule has 18 heavy (non-hydrogen) atoms. The molecule has 1 heterocycles. The number of nitrogens with zero attached hydrogens (tertiary/aromatic N) is 1. The van der Waals surface area contributed by atoms with Crippen molar-refractivity contribution in [3.8, 4) is 0 Å². The standard InChI is InChI=1S/C11H13F3N2O2/c1-2-18-10(17)3-6-7(12)4-8(11(13)14)16-9(6)5-15/h4,11H,2-3,5,15H2,1H3. The molecule has 4 nitrogen and oxygen atoms in total. The molecule has 0 fully saturated rings. The summed E-state index contributed by atoms with van der Waals surface area (Å²) in [5.74, 6) is -1.58. The van der Waals surface area contributed by atoms with Crippen LogP contribution in [0.5, 0.6) is 0 Å². The van der Waals surface area contributed by atoms with E-state index in [1.54, 1.807) is 6.92 Å². The van der Waals surface area contributed by atoms with Crippen LogP contribution in [0.2, 0.25) is 0 Å². The molecule has 0 radical (unpaired) electrons. The molecule has 0 saturated heterocycles. The van der Waals surface area contributed by atoms with Crippen LogP contribution >= 0.6 is 0 Å². The minimum Gasteiger partial charge on any atom is -0.466 e. The number of ether oxygens (including phenoxy) is 1. The second-order valence-corrected chi connectivity index (χ2v) is 3.44. The van der Waals surface area contributed by atoms with Crippen LogP contribution in [0.25, 0.3) is 0 Å². The van der Waals surface area contributed by atoms with Gasteiger partial charge < -0.3 is 10.5 Å². The molecule has 0 aliphatic rings. The molecule has 0 aromatic carbocycles. The topological polar surface area (TPSA) is 65.2 Å². The largest absolute Gasteiger partial charge is 0.466 e. The van der Waals surface area contributed by atoms with E-state index in [1.165, 1.54) is 0 Å². The van der Waals surface area contributed by atoms with E-state index in [4.69, 9.17) is 5.73 Å². The van der Waals surface area contributed by atoms with Gasteiger partial charge in [-0.25, -0.2) is 18.2 Å². The fourth-order valence-electron chi connectivity index (χ4n) is 1.43. The molecular weight excluding hydrogens is 249 g/mol. The van der Waals surface area contributed by atoms with Gasteiger partial charge >= 0.3 is 5.97 Å². The van der Waals surface area contributed by atoms with E-state index in [0.717, 1.165) is 0 Å². The van der Waals surface area contributed by atoms with Crippen LogP contribution in [0.1, 0.15) is 30.3 Å². The molecule has 1 rings (SSSR count).